The van der Waals surface area contributed by atoms with Gasteiger partial charge in [-0.1, -0.05) is 47.7 Å². The van der Waals surface area contributed by atoms with Crippen molar-refractivity contribution in [2.75, 3.05) is 11.1 Å². The molecule has 1 N–H and O–H groups in total. The molecule has 1 aromatic heterocycles. The summed E-state index contributed by atoms with van der Waals surface area (Å²) < 4.78 is 0. The number of rotatable bonds is 4. The molecule has 0 radical (unpaired) electrons. The van der Waals surface area contributed by atoms with Crippen LogP contribution in [0.3, 0.4) is 0 Å². The van der Waals surface area contributed by atoms with E-state index in [4.69, 9.17) is 0 Å². The Morgan fingerprint density at radius 1 is 1.04 bits per heavy atom. The van der Waals surface area contributed by atoms with Crippen LogP contribution in [0.15, 0.2) is 53.6 Å². The molecule has 1 heterocycles. The molecule has 0 bridgehead atoms. The van der Waals surface area contributed by atoms with E-state index in [0.29, 0.717) is 5.75 Å². The molecule has 0 saturated heterocycles. The monoisotopic (exact) mass is 336 g/mol. The molecule has 1 amide bonds. The van der Waals surface area contributed by atoms with Crippen molar-refractivity contribution in [3.05, 3.63) is 65.2 Å². The van der Waals surface area contributed by atoms with Crippen molar-refractivity contribution in [3.63, 3.8) is 0 Å². The maximum Gasteiger partial charge on any atom is 0.234 e. The second kappa shape index (κ2) is 7.05. The molecule has 0 aliphatic carbocycles. The number of carbonyl (C=O) groups is 1. The minimum atomic E-state index is -0.0143. The van der Waals surface area contributed by atoms with Crippen LogP contribution in [0, 0.1) is 20.8 Å². The average molecular weight is 336 g/mol. The Kier molecular flexibility index (Phi) is 4.86. The molecule has 3 rings (SSSR count). The topological polar surface area (TPSA) is 42.0 Å². The summed E-state index contributed by atoms with van der Waals surface area (Å²) in [7, 11) is 0. The van der Waals surface area contributed by atoms with Crippen LogP contribution in [0.1, 0.15) is 16.7 Å². The number of fused-ring (bicyclic) bond motifs is 1. The third-order valence-electron chi connectivity index (χ3n) is 3.91. The number of thioether (sulfide) groups is 1. The van der Waals surface area contributed by atoms with Crippen LogP contribution in [-0.2, 0) is 4.79 Å². The van der Waals surface area contributed by atoms with Gasteiger partial charge in [0.2, 0.25) is 5.91 Å². The molecular weight excluding hydrogens is 316 g/mol. The number of carbonyl (C=O) groups excluding carboxylic acids is 1. The number of para-hydroxylation sites is 1. The highest BCUT2D eigenvalue weighted by Gasteiger charge is 2.08. The SMILES string of the molecule is Cc1ccc(NC(=O)CSc2cc(C)c3ccccc3n2)c(C)c1. The Balaban J connectivity index is 1.68. The number of nitrogens with one attached hydrogen (secondary N) is 1. The van der Waals surface area contributed by atoms with E-state index in [-0.39, 0.29) is 5.91 Å². The van der Waals surface area contributed by atoms with Crippen molar-refractivity contribution in [2.24, 2.45) is 0 Å². The van der Waals surface area contributed by atoms with Gasteiger partial charge in [-0.25, -0.2) is 4.98 Å². The lowest BCUT2D eigenvalue weighted by molar-refractivity contribution is -0.113. The van der Waals surface area contributed by atoms with E-state index >= 15 is 0 Å². The van der Waals surface area contributed by atoms with Crippen molar-refractivity contribution in [1.29, 1.82) is 0 Å². The number of hydrogen-bond donors (Lipinski definition) is 1. The predicted octanol–water partition coefficient (Wildman–Crippen LogP) is 4.89. The molecule has 0 spiro atoms. The molecule has 0 unspecified atom stereocenters. The minimum Gasteiger partial charge on any atom is -0.325 e. The first-order valence-corrected chi connectivity index (χ1v) is 8.88. The van der Waals surface area contributed by atoms with Crippen molar-refractivity contribution < 1.29 is 4.79 Å². The Morgan fingerprint density at radius 3 is 2.62 bits per heavy atom. The highest BCUT2D eigenvalue weighted by Crippen LogP contribution is 2.24. The molecule has 2 aromatic carbocycles. The Hall–Kier alpha value is -2.33. The smallest absolute Gasteiger partial charge is 0.234 e. The van der Waals surface area contributed by atoms with Crippen LogP contribution in [0.4, 0.5) is 5.69 Å². The zero-order valence-electron chi connectivity index (χ0n) is 14.1. The molecule has 3 aromatic rings. The first-order valence-electron chi connectivity index (χ1n) is 7.89. The quantitative estimate of drug-likeness (QED) is 0.690. The van der Waals surface area contributed by atoms with Crippen molar-refractivity contribution >= 4 is 34.3 Å². The maximum absolute atomic E-state index is 12.2. The molecule has 24 heavy (non-hydrogen) atoms. The molecule has 0 atom stereocenters. The summed E-state index contributed by atoms with van der Waals surface area (Å²) in [6.45, 7) is 6.12. The summed E-state index contributed by atoms with van der Waals surface area (Å²) in [6.07, 6.45) is 0. The fourth-order valence-electron chi connectivity index (χ4n) is 2.67. The van der Waals surface area contributed by atoms with E-state index in [2.05, 4.69) is 29.4 Å². The molecule has 4 heteroatoms. The number of aromatic nitrogens is 1. The molecule has 122 valence electrons. The summed E-state index contributed by atoms with van der Waals surface area (Å²) in [5, 5.41) is 5.00. The number of anilines is 1. The number of nitrogens with zero attached hydrogens (tertiary/aromatic N) is 1. The summed E-state index contributed by atoms with van der Waals surface area (Å²) in [5.74, 6) is 0.331. The highest BCUT2D eigenvalue weighted by atomic mass is 32.2. The van der Waals surface area contributed by atoms with E-state index in [1.165, 1.54) is 22.9 Å². The van der Waals surface area contributed by atoms with Crippen molar-refractivity contribution in [3.8, 4) is 0 Å². The molecule has 0 aliphatic rings. The van der Waals surface area contributed by atoms with E-state index in [1.54, 1.807) is 0 Å². The molecule has 0 fully saturated rings. The van der Waals surface area contributed by atoms with E-state index in [1.807, 2.05) is 50.2 Å². The Morgan fingerprint density at radius 2 is 1.83 bits per heavy atom. The minimum absolute atomic E-state index is 0.0143. The van der Waals surface area contributed by atoms with Crippen LogP contribution in [0.25, 0.3) is 10.9 Å². The van der Waals surface area contributed by atoms with Gasteiger partial charge in [0, 0.05) is 11.1 Å². The van der Waals surface area contributed by atoms with Gasteiger partial charge in [-0.3, -0.25) is 4.79 Å². The van der Waals surface area contributed by atoms with Gasteiger partial charge < -0.3 is 5.32 Å². The van der Waals surface area contributed by atoms with Crippen molar-refractivity contribution in [2.45, 2.75) is 25.8 Å². The van der Waals surface area contributed by atoms with Gasteiger partial charge in [0.1, 0.15) is 0 Å². The van der Waals surface area contributed by atoms with Gasteiger partial charge in [-0.15, -0.1) is 0 Å². The third-order valence-corrected chi connectivity index (χ3v) is 4.82. The van der Waals surface area contributed by atoms with Crippen molar-refractivity contribution in [1.82, 2.24) is 4.98 Å². The highest BCUT2D eigenvalue weighted by molar-refractivity contribution is 7.99. The Bertz CT molecular complexity index is 905. The van der Waals surface area contributed by atoms with Gasteiger partial charge in [0.25, 0.3) is 0 Å². The largest absolute Gasteiger partial charge is 0.325 e. The lowest BCUT2D eigenvalue weighted by Gasteiger charge is -2.09. The first kappa shape index (κ1) is 16.5. The predicted molar refractivity (Wildman–Crippen MR) is 102 cm³/mol. The average Bonchev–Trinajstić information content (AvgIpc) is 2.56. The van der Waals surface area contributed by atoms with Crippen LogP contribution in [0.5, 0.6) is 0 Å². The van der Waals surface area contributed by atoms with Crippen LogP contribution >= 0.6 is 11.8 Å². The van der Waals surface area contributed by atoms with Gasteiger partial charge in [0.15, 0.2) is 0 Å². The number of aryl methyl sites for hydroxylation is 3. The van der Waals surface area contributed by atoms with Gasteiger partial charge >= 0.3 is 0 Å². The second-order valence-corrected chi connectivity index (χ2v) is 6.95. The lowest BCUT2D eigenvalue weighted by Crippen LogP contribution is -2.15. The van der Waals surface area contributed by atoms with Gasteiger partial charge in [-0.2, -0.15) is 0 Å². The van der Waals surface area contributed by atoms with Crippen LogP contribution in [0.2, 0.25) is 0 Å². The van der Waals surface area contributed by atoms with Gasteiger partial charge in [0.05, 0.1) is 16.3 Å². The number of pyridine rings is 1. The summed E-state index contributed by atoms with van der Waals surface area (Å²) in [6, 6.07) is 16.1. The summed E-state index contributed by atoms with van der Waals surface area (Å²) >= 11 is 1.46. The lowest BCUT2D eigenvalue weighted by atomic mass is 10.1. The number of amides is 1. The molecule has 3 nitrogen and oxygen atoms in total. The zero-order chi connectivity index (χ0) is 17.1. The first-order chi connectivity index (χ1) is 11.5. The maximum atomic E-state index is 12.2. The van der Waals surface area contributed by atoms with E-state index in [9.17, 15) is 4.79 Å². The van der Waals surface area contributed by atoms with E-state index in [0.717, 1.165) is 27.2 Å². The Labute approximate surface area is 146 Å². The van der Waals surface area contributed by atoms with Crippen LogP contribution in [-0.4, -0.2) is 16.6 Å². The standard InChI is InChI=1S/C20H20N2OS/c1-13-8-9-17(15(3)10-13)21-19(23)12-24-20-11-14(2)16-6-4-5-7-18(16)22-20/h4-11H,12H2,1-3H3,(H,21,23). The number of benzene rings is 2. The molecular formula is C20H20N2OS. The fourth-order valence-corrected chi connectivity index (χ4v) is 3.45. The third kappa shape index (κ3) is 3.77. The summed E-state index contributed by atoms with van der Waals surface area (Å²) in [4.78, 5) is 16.8. The normalized spacial score (nSPS) is 10.8. The zero-order valence-corrected chi connectivity index (χ0v) is 14.9. The molecule has 0 saturated carbocycles. The fraction of sp³-hybridized carbons (Fsp3) is 0.200. The molecule has 0 aliphatic heterocycles. The summed E-state index contributed by atoms with van der Waals surface area (Å²) in [5.41, 5.74) is 5.28. The van der Waals surface area contributed by atoms with Gasteiger partial charge in [-0.05, 0) is 50.1 Å². The second-order valence-electron chi connectivity index (χ2n) is 5.95. The van der Waals surface area contributed by atoms with E-state index < -0.39 is 0 Å². The van der Waals surface area contributed by atoms with Crippen LogP contribution < -0.4 is 5.32 Å². The number of hydrogen-bond acceptors (Lipinski definition) is 3.